The van der Waals surface area contributed by atoms with Gasteiger partial charge >= 0.3 is 0 Å². The molecule has 4 atom stereocenters. The maximum atomic E-state index is 6.09. The molecule has 2 heteroatoms. The van der Waals surface area contributed by atoms with Crippen molar-refractivity contribution < 1.29 is 4.74 Å². The van der Waals surface area contributed by atoms with E-state index in [0.29, 0.717) is 12.1 Å². The molecule has 0 aromatic carbocycles. The molecule has 2 rings (SSSR count). The average Bonchev–Trinajstić information content (AvgIpc) is 2.55. The zero-order valence-electron chi connectivity index (χ0n) is 14.6. The lowest BCUT2D eigenvalue weighted by molar-refractivity contribution is -0.0230. The van der Waals surface area contributed by atoms with Crippen LogP contribution in [-0.4, -0.2) is 25.8 Å². The predicted octanol–water partition coefficient (Wildman–Crippen LogP) is 4.78. The smallest absolute Gasteiger partial charge is 0.0755 e. The Morgan fingerprint density at radius 1 is 0.952 bits per heavy atom. The topological polar surface area (TPSA) is 21.3 Å². The van der Waals surface area contributed by atoms with Gasteiger partial charge < -0.3 is 10.1 Å². The third kappa shape index (κ3) is 4.45. The first-order valence-corrected chi connectivity index (χ1v) is 9.57. The van der Waals surface area contributed by atoms with E-state index in [1.54, 1.807) is 0 Å². The van der Waals surface area contributed by atoms with Crippen LogP contribution in [0.5, 0.6) is 0 Å². The number of ether oxygens (including phenoxy) is 1. The highest BCUT2D eigenvalue weighted by atomic mass is 16.5. The van der Waals surface area contributed by atoms with Crippen LogP contribution >= 0.6 is 0 Å². The molecule has 2 fully saturated rings. The van der Waals surface area contributed by atoms with E-state index in [2.05, 4.69) is 19.2 Å². The van der Waals surface area contributed by atoms with Gasteiger partial charge in [0.05, 0.1) is 6.10 Å². The molecule has 0 heterocycles. The van der Waals surface area contributed by atoms with Gasteiger partial charge in [-0.1, -0.05) is 58.8 Å². The third-order valence-electron chi connectivity index (χ3n) is 6.13. The Morgan fingerprint density at radius 3 is 2.24 bits per heavy atom. The molecule has 2 aliphatic carbocycles. The number of nitrogens with one attached hydrogen (secondary N) is 1. The summed E-state index contributed by atoms with van der Waals surface area (Å²) in [4.78, 5) is 0. The van der Waals surface area contributed by atoms with Crippen LogP contribution in [-0.2, 0) is 4.74 Å². The molecule has 0 spiro atoms. The Bertz CT molecular complexity index is 275. The van der Waals surface area contributed by atoms with E-state index in [-0.39, 0.29) is 0 Å². The second kappa shape index (κ2) is 9.15. The van der Waals surface area contributed by atoms with E-state index >= 15 is 0 Å². The quantitative estimate of drug-likeness (QED) is 0.730. The molecule has 0 aliphatic heterocycles. The number of hydrogen-bond acceptors (Lipinski definition) is 2. The van der Waals surface area contributed by atoms with Gasteiger partial charge in [0.1, 0.15) is 0 Å². The van der Waals surface area contributed by atoms with E-state index in [1.165, 1.54) is 64.2 Å². The van der Waals surface area contributed by atoms with Crippen LogP contribution < -0.4 is 5.32 Å². The molecule has 4 unspecified atom stereocenters. The van der Waals surface area contributed by atoms with E-state index in [0.717, 1.165) is 24.3 Å². The Hall–Kier alpha value is -0.0800. The number of methoxy groups -OCH3 is 1. The van der Waals surface area contributed by atoms with Crippen LogP contribution in [0.2, 0.25) is 0 Å². The van der Waals surface area contributed by atoms with Crippen molar-refractivity contribution in [3.8, 4) is 0 Å². The molecule has 0 aromatic heterocycles. The lowest BCUT2D eigenvalue weighted by Gasteiger charge is -2.43. The first-order chi connectivity index (χ1) is 10.3. The normalized spacial score (nSPS) is 31.0. The second-order valence-electron chi connectivity index (χ2n) is 7.30. The van der Waals surface area contributed by atoms with Crippen molar-refractivity contribution in [2.45, 2.75) is 90.2 Å². The highest BCUT2D eigenvalue weighted by Crippen LogP contribution is 2.39. The Morgan fingerprint density at radius 2 is 1.62 bits per heavy atom. The predicted molar refractivity (Wildman–Crippen MR) is 90.6 cm³/mol. The van der Waals surface area contributed by atoms with Gasteiger partial charge in [-0.2, -0.15) is 0 Å². The van der Waals surface area contributed by atoms with Crippen LogP contribution in [0.15, 0.2) is 0 Å². The molecule has 0 amide bonds. The molecule has 124 valence electrons. The molecule has 0 aromatic rings. The molecule has 21 heavy (non-hydrogen) atoms. The fourth-order valence-electron chi connectivity index (χ4n) is 5.06. The lowest BCUT2D eigenvalue weighted by atomic mass is 9.69. The van der Waals surface area contributed by atoms with Gasteiger partial charge in [0.25, 0.3) is 0 Å². The first-order valence-electron chi connectivity index (χ1n) is 9.57. The highest BCUT2D eigenvalue weighted by Gasteiger charge is 2.38. The van der Waals surface area contributed by atoms with Gasteiger partial charge in [0.2, 0.25) is 0 Å². The summed E-state index contributed by atoms with van der Waals surface area (Å²) in [5.74, 6) is 2.52. The van der Waals surface area contributed by atoms with Crippen LogP contribution in [0, 0.1) is 17.8 Å². The molecule has 0 saturated heterocycles. The van der Waals surface area contributed by atoms with Gasteiger partial charge in [-0.3, -0.25) is 0 Å². The minimum Gasteiger partial charge on any atom is -0.380 e. The van der Waals surface area contributed by atoms with Gasteiger partial charge in [0.15, 0.2) is 0 Å². The Balaban J connectivity index is 2.09. The Labute approximate surface area is 132 Å². The standard InChI is InChI=1S/C19H37NO/c1-4-15-11-9-10-14-17(15)18(20-5-2)19(21-3)16-12-7-6-8-13-16/h15-20H,4-14H2,1-3H3. The summed E-state index contributed by atoms with van der Waals surface area (Å²) in [6, 6.07) is 0.577. The molecular formula is C19H37NO. The van der Waals surface area contributed by atoms with Gasteiger partial charge in [-0.05, 0) is 43.6 Å². The van der Waals surface area contributed by atoms with Crippen LogP contribution in [0.25, 0.3) is 0 Å². The molecule has 2 saturated carbocycles. The number of hydrogen-bond donors (Lipinski definition) is 1. The molecular weight excluding hydrogens is 258 g/mol. The summed E-state index contributed by atoms with van der Waals surface area (Å²) in [6.45, 7) is 5.71. The SMILES string of the molecule is CCNC(C1CCCCC1CC)C(OC)C1CCCCC1. The van der Waals surface area contributed by atoms with E-state index in [1.807, 2.05) is 7.11 Å². The zero-order valence-corrected chi connectivity index (χ0v) is 14.6. The van der Waals surface area contributed by atoms with Crippen molar-refractivity contribution in [2.75, 3.05) is 13.7 Å². The summed E-state index contributed by atoms with van der Waals surface area (Å²) in [7, 11) is 1.95. The fraction of sp³-hybridized carbons (Fsp3) is 1.00. The van der Waals surface area contributed by atoms with E-state index < -0.39 is 0 Å². The monoisotopic (exact) mass is 295 g/mol. The molecule has 2 nitrogen and oxygen atoms in total. The maximum absolute atomic E-state index is 6.09. The van der Waals surface area contributed by atoms with Crippen molar-refractivity contribution in [1.82, 2.24) is 5.32 Å². The fourth-order valence-corrected chi connectivity index (χ4v) is 5.06. The van der Waals surface area contributed by atoms with Crippen molar-refractivity contribution >= 4 is 0 Å². The van der Waals surface area contributed by atoms with Crippen molar-refractivity contribution in [3.05, 3.63) is 0 Å². The van der Waals surface area contributed by atoms with Crippen LogP contribution in [0.1, 0.15) is 78.1 Å². The molecule has 1 N–H and O–H groups in total. The lowest BCUT2D eigenvalue weighted by Crippen LogP contribution is -2.52. The minimum absolute atomic E-state index is 0.433. The van der Waals surface area contributed by atoms with Gasteiger partial charge in [-0.15, -0.1) is 0 Å². The Kier molecular flexibility index (Phi) is 7.53. The minimum atomic E-state index is 0.433. The number of likely N-dealkylation sites (N-methyl/N-ethyl adjacent to an activating group) is 1. The summed E-state index contributed by atoms with van der Waals surface area (Å²) in [5, 5.41) is 3.84. The third-order valence-corrected chi connectivity index (χ3v) is 6.13. The molecule has 2 aliphatic rings. The van der Waals surface area contributed by atoms with Crippen molar-refractivity contribution in [2.24, 2.45) is 17.8 Å². The summed E-state index contributed by atoms with van der Waals surface area (Å²) in [6.07, 6.45) is 14.5. The summed E-state index contributed by atoms with van der Waals surface area (Å²) >= 11 is 0. The maximum Gasteiger partial charge on any atom is 0.0755 e. The van der Waals surface area contributed by atoms with E-state index in [4.69, 9.17) is 4.74 Å². The van der Waals surface area contributed by atoms with Gasteiger partial charge in [0, 0.05) is 13.2 Å². The first kappa shape index (κ1) is 17.3. The average molecular weight is 296 g/mol. The van der Waals surface area contributed by atoms with Gasteiger partial charge in [-0.25, -0.2) is 0 Å². The summed E-state index contributed by atoms with van der Waals surface area (Å²) in [5.41, 5.74) is 0. The largest absolute Gasteiger partial charge is 0.380 e. The number of rotatable bonds is 7. The molecule has 0 bridgehead atoms. The van der Waals surface area contributed by atoms with Crippen LogP contribution in [0.3, 0.4) is 0 Å². The zero-order chi connectivity index (χ0) is 15.1. The highest BCUT2D eigenvalue weighted by molar-refractivity contribution is 4.93. The van der Waals surface area contributed by atoms with E-state index in [9.17, 15) is 0 Å². The van der Waals surface area contributed by atoms with Crippen LogP contribution in [0.4, 0.5) is 0 Å². The van der Waals surface area contributed by atoms with Crippen molar-refractivity contribution in [1.29, 1.82) is 0 Å². The van der Waals surface area contributed by atoms with Crippen molar-refractivity contribution in [3.63, 3.8) is 0 Å². The summed E-state index contributed by atoms with van der Waals surface area (Å²) < 4.78 is 6.09. The second-order valence-corrected chi connectivity index (χ2v) is 7.30. The molecule has 0 radical (unpaired) electrons.